The molecule has 1 heterocycles. The Balaban J connectivity index is 0.00000361. The molecule has 0 atom stereocenters. The molecule has 3 aromatic carbocycles. The molecule has 0 saturated heterocycles. The van der Waals surface area contributed by atoms with Crippen molar-refractivity contribution in [3.05, 3.63) is 104 Å². The number of rotatable bonds is 9. The first-order chi connectivity index (χ1) is 16.7. The predicted molar refractivity (Wildman–Crippen MR) is 131 cm³/mol. The van der Waals surface area contributed by atoms with Crippen LogP contribution < -0.4 is 77.3 Å². The summed E-state index contributed by atoms with van der Waals surface area (Å²) >= 11 is 0. The van der Waals surface area contributed by atoms with Crippen molar-refractivity contribution in [2.75, 3.05) is 6.61 Å². The van der Waals surface area contributed by atoms with Gasteiger partial charge in [0, 0.05) is 6.54 Å². The van der Waals surface area contributed by atoms with Gasteiger partial charge in [0.1, 0.15) is 24.7 Å². The van der Waals surface area contributed by atoms with Gasteiger partial charge in [-0.05, 0) is 78.9 Å². The second-order valence-electron chi connectivity index (χ2n) is 9.00. The Kier molecular flexibility index (Phi) is 9.57. The van der Waals surface area contributed by atoms with E-state index in [2.05, 4.69) is 17.1 Å². The molecule has 0 aliphatic heterocycles. The molecular weight excluding hydrogens is 487 g/mol. The van der Waals surface area contributed by atoms with Crippen LogP contribution in [0, 0.1) is 6.92 Å². The van der Waals surface area contributed by atoms with Crippen LogP contribution in [-0.4, -0.2) is 22.1 Å². The third-order valence-corrected chi connectivity index (χ3v) is 5.27. The Bertz CT molecular complexity index is 1410. The molecule has 0 fully saturated rings. The summed E-state index contributed by atoms with van der Waals surface area (Å²) in [6.07, 6.45) is 0. The maximum absolute atomic E-state index is 11.5. The van der Waals surface area contributed by atoms with E-state index in [0.717, 1.165) is 38.3 Å². The fourth-order valence-electron chi connectivity index (χ4n) is 3.55. The van der Waals surface area contributed by atoms with E-state index in [4.69, 9.17) is 14.0 Å². The third-order valence-electron chi connectivity index (χ3n) is 5.27. The first-order valence-electron chi connectivity index (χ1n) is 11.2. The molecule has 0 bridgehead atoms. The van der Waals surface area contributed by atoms with E-state index in [-0.39, 0.29) is 64.5 Å². The Morgan fingerprint density at radius 3 is 2.31 bits per heavy atom. The zero-order valence-electron chi connectivity index (χ0n) is 20.9. The largest absolute Gasteiger partial charge is 1.00 e. The molecule has 8 nitrogen and oxygen atoms in total. The van der Waals surface area contributed by atoms with Crippen LogP contribution in [0.3, 0.4) is 0 Å². The van der Waals surface area contributed by atoms with Crippen molar-refractivity contribution >= 4 is 0 Å². The summed E-state index contributed by atoms with van der Waals surface area (Å²) in [5.41, 5.74) is 3.44. The van der Waals surface area contributed by atoms with Crippen LogP contribution in [-0.2, 0) is 13.2 Å². The van der Waals surface area contributed by atoms with E-state index >= 15 is 0 Å². The van der Waals surface area contributed by atoms with Crippen molar-refractivity contribution in [1.29, 1.82) is 0 Å². The Morgan fingerprint density at radius 1 is 0.944 bits per heavy atom. The molecule has 36 heavy (non-hydrogen) atoms. The van der Waals surface area contributed by atoms with Gasteiger partial charge in [0.15, 0.2) is 5.69 Å². The maximum atomic E-state index is 11.5. The Labute approximate surface area is 251 Å². The van der Waals surface area contributed by atoms with Gasteiger partial charge in [0.05, 0.1) is 5.60 Å². The molecule has 0 aliphatic carbocycles. The Hall–Kier alpha value is -2.40. The molecule has 0 unspecified atom stereocenters. The van der Waals surface area contributed by atoms with Gasteiger partial charge in [-0.3, -0.25) is 9.53 Å². The molecule has 182 valence electrons. The predicted octanol–water partition coefficient (Wildman–Crippen LogP) is 0.515. The Morgan fingerprint density at radius 2 is 1.67 bits per heavy atom. The SMILES string of the molecule is Cc1cc(OCC(C)(C)O)ccc1-c1cccc(COc2ccc(Cn3oc(=O)[n-]c3=O)cc2)c1.[K+]. The first kappa shape index (κ1) is 28.2. The number of aryl methyl sites for hydroxylation is 1. The maximum Gasteiger partial charge on any atom is 1.00 e. The minimum absolute atomic E-state index is 0. The summed E-state index contributed by atoms with van der Waals surface area (Å²) in [7, 11) is 0. The van der Waals surface area contributed by atoms with Crippen LogP contribution in [0.2, 0.25) is 0 Å². The van der Waals surface area contributed by atoms with Gasteiger partial charge in [0.2, 0.25) is 0 Å². The first-order valence-corrected chi connectivity index (χ1v) is 11.2. The molecule has 0 saturated carbocycles. The van der Waals surface area contributed by atoms with Gasteiger partial charge in [-0.15, -0.1) is 0 Å². The molecule has 4 rings (SSSR count). The molecule has 0 amide bonds. The topological polar surface area (TPSA) is 105 Å². The zero-order valence-corrected chi connectivity index (χ0v) is 24.0. The van der Waals surface area contributed by atoms with E-state index in [1.54, 1.807) is 38.1 Å². The standard InChI is InChI=1S/C27H28N2O6.K/c1-18-13-23(34-17-27(2,3)32)11-12-24(18)21-6-4-5-20(14-21)16-33-22-9-7-19(8-10-22)15-29-25(30)28-26(31)35-29;/h4-14,32H,15-17H2,1-3H3,(H,28,30,31);/q;+1/p-1. The molecule has 0 spiro atoms. The quantitative estimate of drug-likeness (QED) is 0.325. The molecular formula is C27H27KN2O6. The minimum Gasteiger partial charge on any atom is -0.491 e. The molecule has 9 heteroatoms. The average Bonchev–Trinajstić information content (AvgIpc) is 3.13. The fraction of sp³-hybridized carbons (Fsp3) is 0.259. The molecule has 0 radical (unpaired) electrons. The fourth-order valence-corrected chi connectivity index (χ4v) is 3.55. The van der Waals surface area contributed by atoms with Crippen molar-refractivity contribution in [2.45, 2.75) is 39.5 Å². The van der Waals surface area contributed by atoms with Gasteiger partial charge < -0.3 is 24.1 Å². The zero-order chi connectivity index (χ0) is 25.0. The van der Waals surface area contributed by atoms with Crippen molar-refractivity contribution < 1.29 is 70.5 Å². The van der Waals surface area contributed by atoms with Gasteiger partial charge in [0.25, 0.3) is 0 Å². The number of benzene rings is 3. The smallest absolute Gasteiger partial charge is 0.491 e. The normalized spacial score (nSPS) is 11.1. The summed E-state index contributed by atoms with van der Waals surface area (Å²) in [5, 5.41) is 9.86. The summed E-state index contributed by atoms with van der Waals surface area (Å²) in [5.74, 6) is 0.499. The molecule has 4 aromatic rings. The number of ether oxygens (including phenoxy) is 2. The van der Waals surface area contributed by atoms with Crippen LogP contribution in [0.1, 0.15) is 30.5 Å². The molecule has 1 aromatic heterocycles. The van der Waals surface area contributed by atoms with Crippen LogP contribution in [0.15, 0.2) is 80.8 Å². The number of aliphatic hydroxyl groups is 1. The third kappa shape index (κ3) is 7.80. The van der Waals surface area contributed by atoms with Crippen LogP contribution >= 0.6 is 0 Å². The van der Waals surface area contributed by atoms with Gasteiger partial charge >= 0.3 is 57.1 Å². The van der Waals surface area contributed by atoms with Crippen LogP contribution in [0.4, 0.5) is 0 Å². The van der Waals surface area contributed by atoms with Gasteiger partial charge in [-0.2, -0.15) is 0 Å². The summed E-state index contributed by atoms with van der Waals surface area (Å²) in [6, 6.07) is 21.2. The van der Waals surface area contributed by atoms with Crippen molar-refractivity contribution in [2.24, 2.45) is 0 Å². The van der Waals surface area contributed by atoms with Crippen molar-refractivity contribution in [3.8, 4) is 22.6 Å². The second-order valence-corrected chi connectivity index (χ2v) is 9.00. The summed E-state index contributed by atoms with van der Waals surface area (Å²) < 4.78 is 17.3. The number of hydrogen-bond donors (Lipinski definition) is 1. The minimum atomic E-state index is -0.901. The van der Waals surface area contributed by atoms with E-state index < -0.39 is 17.0 Å². The van der Waals surface area contributed by atoms with E-state index in [9.17, 15) is 14.7 Å². The summed E-state index contributed by atoms with van der Waals surface area (Å²) in [6.45, 7) is 6.18. The van der Waals surface area contributed by atoms with E-state index in [0.29, 0.717) is 12.4 Å². The summed E-state index contributed by atoms with van der Waals surface area (Å²) in [4.78, 5) is 25.8. The van der Waals surface area contributed by atoms with Gasteiger partial charge in [-0.1, -0.05) is 36.4 Å². The number of aromatic nitrogens is 2. The average molecular weight is 515 g/mol. The van der Waals surface area contributed by atoms with E-state index in [1.165, 1.54) is 0 Å². The van der Waals surface area contributed by atoms with Gasteiger partial charge in [-0.25, -0.2) is 4.79 Å². The van der Waals surface area contributed by atoms with Crippen molar-refractivity contribution in [1.82, 2.24) is 9.72 Å². The van der Waals surface area contributed by atoms with E-state index in [1.807, 2.05) is 37.3 Å². The molecule has 0 aliphatic rings. The molecule has 1 N–H and O–H groups in total. The number of hydrogen-bond acceptors (Lipinski definition) is 6. The monoisotopic (exact) mass is 514 g/mol. The second kappa shape index (κ2) is 12.2. The number of nitrogens with zero attached hydrogens (tertiary/aromatic N) is 2. The van der Waals surface area contributed by atoms with Crippen molar-refractivity contribution in [3.63, 3.8) is 0 Å². The van der Waals surface area contributed by atoms with Crippen LogP contribution in [0.25, 0.3) is 11.1 Å². The van der Waals surface area contributed by atoms with Crippen LogP contribution in [0.5, 0.6) is 11.5 Å².